The molecular formula is C17H24O3. The predicted molar refractivity (Wildman–Crippen MR) is 78.1 cm³/mol. The van der Waals surface area contributed by atoms with E-state index < -0.39 is 11.7 Å². The number of cyclic esters (lactones) is 1. The first-order valence-electron chi connectivity index (χ1n) is 7.14. The van der Waals surface area contributed by atoms with Gasteiger partial charge in [-0.15, -0.1) is 0 Å². The van der Waals surface area contributed by atoms with Crippen LogP contribution in [0.15, 0.2) is 30.3 Å². The second kappa shape index (κ2) is 5.21. The van der Waals surface area contributed by atoms with E-state index in [4.69, 9.17) is 9.47 Å². The molecule has 1 aliphatic rings. The van der Waals surface area contributed by atoms with E-state index in [1.54, 1.807) is 0 Å². The van der Waals surface area contributed by atoms with Crippen LogP contribution in [0.25, 0.3) is 0 Å². The lowest BCUT2D eigenvalue weighted by atomic mass is 9.77. The zero-order valence-electron chi connectivity index (χ0n) is 13.0. The molecule has 0 bridgehead atoms. The van der Waals surface area contributed by atoms with Crippen LogP contribution in [-0.4, -0.2) is 18.4 Å². The topological polar surface area (TPSA) is 35.5 Å². The molecule has 1 aromatic rings. The highest BCUT2D eigenvalue weighted by Crippen LogP contribution is 2.39. The van der Waals surface area contributed by atoms with Crippen LogP contribution in [0.3, 0.4) is 0 Å². The van der Waals surface area contributed by atoms with Crippen molar-refractivity contribution >= 4 is 5.97 Å². The molecule has 3 atom stereocenters. The number of hydrogen-bond donors (Lipinski definition) is 0. The number of esters is 1. The van der Waals surface area contributed by atoms with Gasteiger partial charge in [0.1, 0.15) is 0 Å². The van der Waals surface area contributed by atoms with Crippen LogP contribution >= 0.6 is 0 Å². The molecule has 20 heavy (non-hydrogen) atoms. The van der Waals surface area contributed by atoms with Crippen LogP contribution in [-0.2, 0) is 20.7 Å². The third-order valence-electron chi connectivity index (χ3n) is 4.03. The standard InChI is InChI=1S/C17H24O3/c1-12-17(5,11-13-9-7-6-8-10-13)14(18)20-15(19-12)16(2,3)4/h6-10,12,15H,11H2,1-5H3. The van der Waals surface area contributed by atoms with Crippen molar-refractivity contribution in [3.05, 3.63) is 35.9 Å². The fourth-order valence-electron chi connectivity index (χ4n) is 2.38. The number of benzene rings is 1. The third-order valence-corrected chi connectivity index (χ3v) is 4.03. The van der Waals surface area contributed by atoms with E-state index in [0.717, 1.165) is 5.56 Å². The van der Waals surface area contributed by atoms with E-state index in [0.29, 0.717) is 6.42 Å². The lowest BCUT2D eigenvalue weighted by Crippen LogP contribution is -2.54. The SMILES string of the molecule is CC1OC(C(C)(C)C)OC(=O)C1(C)Cc1ccccc1. The summed E-state index contributed by atoms with van der Waals surface area (Å²) in [5.41, 5.74) is 0.276. The maximum Gasteiger partial charge on any atom is 0.317 e. The van der Waals surface area contributed by atoms with Crippen LogP contribution < -0.4 is 0 Å². The molecule has 3 heteroatoms. The molecule has 0 saturated carbocycles. The second-order valence-corrected chi connectivity index (χ2v) is 6.96. The zero-order chi connectivity index (χ0) is 15.0. The van der Waals surface area contributed by atoms with Crippen LogP contribution in [0.1, 0.15) is 40.2 Å². The van der Waals surface area contributed by atoms with Crippen LogP contribution in [0.4, 0.5) is 0 Å². The van der Waals surface area contributed by atoms with Gasteiger partial charge >= 0.3 is 5.97 Å². The molecular weight excluding hydrogens is 252 g/mol. The van der Waals surface area contributed by atoms with Gasteiger partial charge in [-0.1, -0.05) is 51.1 Å². The summed E-state index contributed by atoms with van der Waals surface area (Å²) in [5, 5.41) is 0. The van der Waals surface area contributed by atoms with E-state index in [9.17, 15) is 4.79 Å². The molecule has 1 saturated heterocycles. The Kier molecular flexibility index (Phi) is 3.92. The molecule has 0 amide bonds. The molecule has 1 fully saturated rings. The number of rotatable bonds is 2. The molecule has 0 spiro atoms. The maximum atomic E-state index is 12.5. The molecule has 1 aliphatic heterocycles. The molecule has 0 N–H and O–H groups in total. The van der Waals surface area contributed by atoms with Crippen LogP contribution in [0, 0.1) is 10.8 Å². The van der Waals surface area contributed by atoms with E-state index >= 15 is 0 Å². The summed E-state index contributed by atoms with van der Waals surface area (Å²) in [7, 11) is 0. The molecule has 2 rings (SSSR count). The van der Waals surface area contributed by atoms with Gasteiger partial charge in [-0.05, 0) is 25.8 Å². The summed E-state index contributed by atoms with van der Waals surface area (Å²) in [6.45, 7) is 9.92. The Hall–Kier alpha value is -1.35. The summed E-state index contributed by atoms with van der Waals surface area (Å²) >= 11 is 0. The molecule has 0 aliphatic carbocycles. The summed E-state index contributed by atoms with van der Waals surface area (Å²) in [5.74, 6) is -0.167. The Bertz CT molecular complexity index is 475. The number of carbonyl (C=O) groups is 1. The smallest absolute Gasteiger partial charge is 0.317 e. The molecule has 0 aromatic heterocycles. The van der Waals surface area contributed by atoms with Crippen molar-refractivity contribution in [1.82, 2.24) is 0 Å². The summed E-state index contributed by atoms with van der Waals surface area (Å²) in [4.78, 5) is 12.5. The van der Waals surface area contributed by atoms with Gasteiger partial charge in [0.15, 0.2) is 0 Å². The van der Waals surface area contributed by atoms with Gasteiger partial charge in [0.25, 0.3) is 0 Å². The van der Waals surface area contributed by atoms with Gasteiger partial charge in [-0.25, -0.2) is 0 Å². The van der Waals surface area contributed by atoms with Crippen LogP contribution in [0.5, 0.6) is 0 Å². The number of carbonyl (C=O) groups excluding carboxylic acids is 1. The minimum atomic E-state index is -0.636. The molecule has 1 heterocycles. The Morgan fingerprint density at radius 1 is 1.20 bits per heavy atom. The minimum Gasteiger partial charge on any atom is -0.435 e. The molecule has 3 unspecified atom stereocenters. The minimum absolute atomic E-state index is 0.167. The van der Waals surface area contributed by atoms with Gasteiger partial charge < -0.3 is 9.47 Å². The lowest BCUT2D eigenvalue weighted by molar-refractivity contribution is -0.269. The first-order valence-corrected chi connectivity index (χ1v) is 7.14. The van der Waals surface area contributed by atoms with Crippen molar-refractivity contribution in [1.29, 1.82) is 0 Å². The highest BCUT2D eigenvalue weighted by atomic mass is 16.7. The maximum absolute atomic E-state index is 12.5. The Balaban J connectivity index is 2.18. The van der Waals surface area contributed by atoms with E-state index in [2.05, 4.69) is 0 Å². The predicted octanol–water partition coefficient (Wildman–Crippen LogP) is 3.57. The van der Waals surface area contributed by atoms with Crippen LogP contribution in [0.2, 0.25) is 0 Å². The van der Waals surface area contributed by atoms with E-state index in [1.807, 2.05) is 65.0 Å². The quantitative estimate of drug-likeness (QED) is 0.775. The molecule has 110 valence electrons. The van der Waals surface area contributed by atoms with Gasteiger partial charge in [-0.3, -0.25) is 4.79 Å². The number of hydrogen-bond acceptors (Lipinski definition) is 3. The van der Waals surface area contributed by atoms with E-state index in [-0.39, 0.29) is 17.5 Å². The average molecular weight is 276 g/mol. The Morgan fingerprint density at radius 3 is 2.30 bits per heavy atom. The van der Waals surface area contributed by atoms with E-state index in [1.165, 1.54) is 0 Å². The van der Waals surface area contributed by atoms with Gasteiger partial charge in [0.05, 0.1) is 11.5 Å². The number of ether oxygens (including phenoxy) is 2. The van der Waals surface area contributed by atoms with Crippen molar-refractivity contribution in [2.24, 2.45) is 10.8 Å². The Morgan fingerprint density at radius 2 is 1.80 bits per heavy atom. The average Bonchev–Trinajstić information content (AvgIpc) is 2.36. The molecule has 0 radical (unpaired) electrons. The monoisotopic (exact) mass is 276 g/mol. The first kappa shape index (κ1) is 15.0. The summed E-state index contributed by atoms with van der Waals surface area (Å²) in [6, 6.07) is 10.00. The van der Waals surface area contributed by atoms with Crippen molar-refractivity contribution in [3.8, 4) is 0 Å². The van der Waals surface area contributed by atoms with Crippen molar-refractivity contribution < 1.29 is 14.3 Å². The zero-order valence-corrected chi connectivity index (χ0v) is 13.0. The largest absolute Gasteiger partial charge is 0.435 e. The van der Waals surface area contributed by atoms with Gasteiger partial charge in [-0.2, -0.15) is 0 Å². The van der Waals surface area contributed by atoms with Gasteiger partial charge in [0, 0.05) is 5.41 Å². The first-order chi connectivity index (χ1) is 9.23. The summed E-state index contributed by atoms with van der Waals surface area (Å²) in [6.07, 6.45) is -0.0212. The fourth-order valence-corrected chi connectivity index (χ4v) is 2.38. The fraction of sp³-hybridized carbons (Fsp3) is 0.588. The molecule has 1 aromatic carbocycles. The Labute approximate surface area is 121 Å². The highest BCUT2D eigenvalue weighted by Gasteiger charge is 2.49. The highest BCUT2D eigenvalue weighted by molar-refractivity contribution is 5.78. The molecule has 3 nitrogen and oxygen atoms in total. The van der Waals surface area contributed by atoms with Crippen molar-refractivity contribution in [2.75, 3.05) is 0 Å². The summed E-state index contributed by atoms with van der Waals surface area (Å²) < 4.78 is 11.5. The van der Waals surface area contributed by atoms with Gasteiger partial charge in [0.2, 0.25) is 6.29 Å². The normalized spacial score (nSPS) is 30.9. The second-order valence-electron chi connectivity index (χ2n) is 6.96. The lowest BCUT2D eigenvalue weighted by Gasteiger charge is -2.44. The van der Waals surface area contributed by atoms with Crippen molar-refractivity contribution in [3.63, 3.8) is 0 Å². The third kappa shape index (κ3) is 2.88. The van der Waals surface area contributed by atoms with Crippen molar-refractivity contribution in [2.45, 2.75) is 53.4 Å².